The smallest absolute Gasteiger partial charge is 0.441 e. The van der Waals surface area contributed by atoms with E-state index < -0.39 is 37.4 Å². The quantitative estimate of drug-likeness (QED) is 0.396. The van der Waals surface area contributed by atoms with Crippen molar-refractivity contribution in [1.82, 2.24) is 29.9 Å². The first-order chi connectivity index (χ1) is 17.5. The summed E-state index contributed by atoms with van der Waals surface area (Å²) in [6.45, 7) is 0.878. The van der Waals surface area contributed by atoms with Gasteiger partial charge in [0.15, 0.2) is 18.1 Å². The zero-order valence-electron chi connectivity index (χ0n) is 19.2. The number of alkyl carbamates (subject to hydrolysis) is 1. The van der Waals surface area contributed by atoms with Gasteiger partial charge in [0.25, 0.3) is 0 Å². The van der Waals surface area contributed by atoms with Gasteiger partial charge in [0.05, 0.1) is 24.6 Å². The largest absolute Gasteiger partial charge is 0.522 e. The molecule has 3 atom stereocenters. The first kappa shape index (κ1) is 24.7. The number of amides is 1. The van der Waals surface area contributed by atoms with Gasteiger partial charge >= 0.3 is 12.5 Å². The first-order valence-corrected chi connectivity index (χ1v) is 11.1. The molecule has 1 saturated carbocycles. The number of carbonyl (C=O) groups is 1. The minimum absolute atomic E-state index is 0.0217. The van der Waals surface area contributed by atoms with Crippen molar-refractivity contribution < 1.29 is 36.6 Å². The summed E-state index contributed by atoms with van der Waals surface area (Å²) in [6, 6.07) is 4.57. The topological polar surface area (TPSA) is 151 Å². The number of carbonyl (C=O) groups excluding carboxylic acids is 1. The van der Waals surface area contributed by atoms with Gasteiger partial charge in [0, 0.05) is 23.9 Å². The molecule has 0 radical (unpaired) electrons. The molecule has 12 nitrogen and oxygen atoms in total. The highest BCUT2D eigenvalue weighted by Crippen LogP contribution is 2.36. The second-order valence-electron chi connectivity index (χ2n) is 8.93. The maximum absolute atomic E-state index is 15.0. The van der Waals surface area contributed by atoms with E-state index >= 15 is 0 Å². The number of ether oxygens (including phenoxy) is 3. The minimum atomic E-state index is -4.84. The summed E-state index contributed by atoms with van der Waals surface area (Å²) in [4.78, 5) is 20.1. The van der Waals surface area contributed by atoms with Gasteiger partial charge in [0.2, 0.25) is 5.95 Å². The number of hydrogen-bond donors (Lipinski definition) is 3. The highest BCUT2D eigenvalue weighted by molar-refractivity contribution is 5.69. The number of rotatable bonds is 7. The monoisotopic (exact) mass is 524 g/mol. The van der Waals surface area contributed by atoms with Crippen molar-refractivity contribution in [1.29, 1.82) is 5.26 Å². The number of fused-ring (bicyclic) bond motifs is 1. The van der Waals surface area contributed by atoms with Gasteiger partial charge in [0.1, 0.15) is 23.5 Å². The van der Waals surface area contributed by atoms with Gasteiger partial charge in [-0.3, -0.25) is 14.2 Å². The molecule has 1 amide bonds. The molecule has 16 heteroatoms. The van der Waals surface area contributed by atoms with Gasteiger partial charge in [-0.2, -0.15) is 10.4 Å². The maximum Gasteiger partial charge on any atom is 0.522 e. The van der Waals surface area contributed by atoms with Crippen LogP contribution in [0.1, 0.15) is 43.0 Å². The van der Waals surface area contributed by atoms with E-state index in [0.29, 0.717) is 0 Å². The summed E-state index contributed by atoms with van der Waals surface area (Å²) in [5.74, 6) is 0.175. The molecule has 37 heavy (non-hydrogen) atoms. The van der Waals surface area contributed by atoms with Crippen LogP contribution in [0.3, 0.4) is 0 Å². The molecule has 3 aromatic heterocycles. The Morgan fingerprint density at radius 3 is 2.86 bits per heavy atom. The van der Waals surface area contributed by atoms with E-state index in [1.54, 1.807) is 0 Å². The van der Waals surface area contributed by atoms with Gasteiger partial charge in [-0.1, -0.05) is 0 Å². The second kappa shape index (κ2) is 9.16. The van der Waals surface area contributed by atoms with Crippen LogP contribution in [0.4, 0.5) is 34.1 Å². The van der Waals surface area contributed by atoms with Crippen molar-refractivity contribution >= 4 is 23.5 Å². The number of imidazole rings is 1. The predicted octanol–water partition coefficient (Wildman–Crippen LogP) is 3.16. The molecule has 0 spiro atoms. The molecule has 196 valence electrons. The molecule has 2 fully saturated rings. The molecule has 0 unspecified atom stereocenters. The average molecular weight is 524 g/mol. The Bertz CT molecular complexity index is 1360. The molecule has 0 aromatic carbocycles. The zero-order valence-corrected chi connectivity index (χ0v) is 19.2. The van der Waals surface area contributed by atoms with Gasteiger partial charge in [-0.25, -0.2) is 19.2 Å². The van der Waals surface area contributed by atoms with Crippen LogP contribution in [0.15, 0.2) is 18.3 Å². The number of alkyl halides is 4. The summed E-state index contributed by atoms with van der Waals surface area (Å²) in [6.07, 6.45) is -6.49. The third-order valence-corrected chi connectivity index (χ3v) is 5.89. The number of H-pyrrole nitrogens is 1. The SMILES string of the molecule is CC1(NC(=O)O[C@H]2CO[C@@H](c3cc(Nc4nc(C#N)cc5nc(COC(F)(F)F)cn45)n[nH]3)[C@@H]2F)CC1. The number of anilines is 2. The molecule has 4 heterocycles. The van der Waals surface area contributed by atoms with Crippen molar-refractivity contribution in [3.05, 3.63) is 35.4 Å². The van der Waals surface area contributed by atoms with E-state index in [-0.39, 0.29) is 46.6 Å². The highest BCUT2D eigenvalue weighted by Gasteiger charge is 2.44. The second-order valence-corrected chi connectivity index (χ2v) is 8.93. The predicted molar refractivity (Wildman–Crippen MR) is 115 cm³/mol. The molecule has 0 bridgehead atoms. The van der Waals surface area contributed by atoms with Crippen LogP contribution in [-0.4, -0.2) is 61.4 Å². The van der Waals surface area contributed by atoms with Crippen molar-refractivity contribution in [2.24, 2.45) is 0 Å². The van der Waals surface area contributed by atoms with Crippen LogP contribution in [0, 0.1) is 11.3 Å². The number of halogens is 4. The Morgan fingerprint density at radius 1 is 1.38 bits per heavy atom. The fraction of sp³-hybridized carbons (Fsp3) is 0.476. The van der Waals surface area contributed by atoms with E-state index in [1.807, 2.05) is 13.0 Å². The van der Waals surface area contributed by atoms with Crippen molar-refractivity contribution in [3.63, 3.8) is 0 Å². The molecular formula is C21H20F4N8O4. The summed E-state index contributed by atoms with van der Waals surface area (Å²) in [5, 5.41) is 21.5. The van der Waals surface area contributed by atoms with Crippen LogP contribution in [-0.2, 0) is 20.8 Å². The Morgan fingerprint density at radius 2 is 2.16 bits per heavy atom. The van der Waals surface area contributed by atoms with Gasteiger partial charge in [-0.05, 0) is 19.8 Å². The maximum atomic E-state index is 15.0. The molecule has 5 rings (SSSR count). The van der Waals surface area contributed by atoms with Crippen LogP contribution in [0.25, 0.3) is 5.65 Å². The zero-order chi connectivity index (χ0) is 26.4. The van der Waals surface area contributed by atoms with E-state index in [9.17, 15) is 27.6 Å². The number of nitriles is 1. The lowest BCUT2D eigenvalue weighted by molar-refractivity contribution is -0.330. The number of aromatic nitrogens is 5. The lowest BCUT2D eigenvalue weighted by Gasteiger charge is -2.17. The van der Waals surface area contributed by atoms with Crippen LogP contribution < -0.4 is 10.6 Å². The third kappa shape index (κ3) is 5.57. The standard InChI is InChI=1S/C21H20F4N8O4/c1-20(2-3-20)30-19(34)37-13-9-35-17(16(13)22)12-5-14(32-31-12)29-18-28-10(6-26)4-15-27-11(7-33(15)18)8-36-21(23,24)25/h4-5,7,13,16-17H,2-3,8-9H2,1H3,(H,30,34)(H2,28,29,31,32)/t13-,16+,17-/m0/s1. The normalized spacial score (nSPS) is 22.5. The van der Waals surface area contributed by atoms with Crippen LogP contribution >= 0.6 is 0 Å². The minimum Gasteiger partial charge on any atom is -0.441 e. The van der Waals surface area contributed by atoms with E-state index in [0.717, 1.165) is 12.8 Å². The fourth-order valence-electron chi connectivity index (χ4n) is 3.73. The first-order valence-electron chi connectivity index (χ1n) is 11.1. The summed E-state index contributed by atoms with van der Waals surface area (Å²) in [5.41, 5.74) is -0.0265. The Hall–Kier alpha value is -3.97. The van der Waals surface area contributed by atoms with E-state index in [1.165, 1.54) is 22.7 Å². The Labute approximate surface area is 205 Å². The Balaban J connectivity index is 1.29. The molecule has 3 N–H and O–H groups in total. The number of nitrogens with zero attached hydrogens (tertiary/aromatic N) is 5. The lowest BCUT2D eigenvalue weighted by atomic mass is 10.1. The molecule has 3 aromatic rings. The summed E-state index contributed by atoms with van der Waals surface area (Å²) in [7, 11) is 0. The summed E-state index contributed by atoms with van der Waals surface area (Å²) < 4.78 is 68.0. The van der Waals surface area contributed by atoms with Crippen molar-refractivity contribution in [3.8, 4) is 6.07 Å². The molecular weight excluding hydrogens is 504 g/mol. The van der Waals surface area contributed by atoms with E-state index in [2.05, 4.69) is 35.5 Å². The van der Waals surface area contributed by atoms with Crippen LogP contribution in [0.2, 0.25) is 0 Å². The molecule has 1 aliphatic heterocycles. The molecule has 1 aliphatic carbocycles. The van der Waals surface area contributed by atoms with Gasteiger partial charge in [-0.15, -0.1) is 13.2 Å². The summed E-state index contributed by atoms with van der Waals surface area (Å²) >= 11 is 0. The van der Waals surface area contributed by atoms with Gasteiger partial charge < -0.3 is 20.1 Å². The van der Waals surface area contributed by atoms with Crippen molar-refractivity contribution in [2.45, 2.75) is 56.7 Å². The number of hydrogen-bond acceptors (Lipinski definition) is 9. The lowest BCUT2D eigenvalue weighted by Crippen LogP contribution is -2.39. The third-order valence-electron chi connectivity index (χ3n) is 5.89. The highest BCUT2D eigenvalue weighted by atomic mass is 19.4. The average Bonchev–Trinajstić information content (AvgIpc) is 3.19. The van der Waals surface area contributed by atoms with Crippen molar-refractivity contribution in [2.75, 3.05) is 11.9 Å². The van der Waals surface area contributed by atoms with Crippen LogP contribution in [0.5, 0.6) is 0 Å². The molecule has 1 saturated heterocycles. The Kier molecular flexibility index (Phi) is 6.12. The number of nitrogens with one attached hydrogen (secondary N) is 3. The van der Waals surface area contributed by atoms with E-state index in [4.69, 9.17) is 9.47 Å². The molecule has 2 aliphatic rings. The number of aromatic amines is 1. The fourth-order valence-corrected chi connectivity index (χ4v) is 3.73.